The SMILES string of the molecule is COC(=O)c1cc(-c2c(C)c(-c3cc(C=O)c(OC)cc3OC)c(C)c(-c3cc(C(=O)OC)c(OC)cc3OC)c2C)c(OC)cc1OC. The summed E-state index contributed by atoms with van der Waals surface area (Å²) in [7, 11) is 11.5. The molecule has 0 aliphatic carbocycles. The Morgan fingerprint density at radius 1 is 0.449 bits per heavy atom. The Labute approximate surface area is 285 Å². The number of hydrogen-bond donors (Lipinski definition) is 0. The first-order valence-corrected chi connectivity index (χ1v) is 15.0. The second kappa shape index (κ2) is 15.0. The minimum absolute atomic E-state index is 0.184. The molecule has 4 aromatic carbocycles. The molecule has 0 fully saturated rings. The van der Waals surface area contributed by atoms with Gasteiger partial charge in [0.25, 0.3) is 0 Å². The Morgan fingerprint density at radius 3 is 1.04 bits per heavy atom. The molecule has 11 nitrogen and oxygen atoms in total. The van der Waals surface area contributed by atoms with Gasteiger partial charge in [0.1, 0.15) is 45.6 Å². The van der Waals surface area contributed by atoms with E-state index in [0.29, 0.717) is 68.2 Å². The zero-order valence-corrected chi connectivity index (χ0v) is 29.5. The average molecular weight is 673 g/mol. The molecule has 0 radical (unpaired) electrons. The molecular formula is C38H40O11. The van der Waals surface area contributed by atoms with Crippen LogP contribution in [-0.4, -0.2) is 75.1 Å². The largest absolute Gasteiger partial charge is 0.496 e. The van der Waals surface area contributed by atoms with Crippen molar-refractivity contribution in [1.82, 2.24) is 0 Å². The molecule has 49 heavy (non-hydrogen) atoms. The lowest BCUT2D eigenvalue weighted by atomic mass is 9.79. The van der Waals surface area contributed by atoms with E-state index in [9.17, 15) is 14.4 Å². The van der Waals surface area contributed by atoms with Crippen molar-refractivity contribution in [2.75, 3.05) is 56.9 Å². The van der Waals surface area contributed by atoms with Gasteiger partial charge in [-0.2, -0.15) is 0 Å². The summed E-state index contributed by atoms with van der Waals surface area (Å²) < 4.78 is 44.3. The number of hydrogen-bond acceptors (Lipinski definition) is 11. The second-order valence-electron chi connectivity index (χ2n) is 10.9. The lowest BCUT2D eigenvalue weighted by Gasteiger charge is -2.26. The van der Waals surface area contributed by atoms with Crippen molar-refractivity contribution >= 4 is 18.2 Å². The third kappa shape index (κ3) is 6.31. The number of rotatable bonds is 12. The van der Waals surface area contributed by atoms with Gasteiger partial charge in [0, 0.05) is 34.9 Å². The Morgan fingerprint density at radius 2 is 0.755 bits per heavy atom. The van der Waals surface area contributed by atoms with Crippen LogP contribution < -0.4 is 28.4 Å². The normalized spacial score (nSPS) is 10.6. The summed E-state index contributed by atoms with van der Waals surface area (Å²) in [6.45, 7) is 5.80. The predicted molar refractivity (Wildman–Crippen MR) is 184 cm³/mol. The van der Waals surface area contributed by atoms with E-state index < -0.39 is 11.9 Å². The van der Waals surface area contributed by atoms with Crippen LogP contribution in [0.5, 0.6) is 34.5 Å². The molecule has 0 N–H and O–H groups in total. The maximum absolute atomic E-state index is 13.0. The van der Waals surface area contributed by atoms with Gasteiger partial charge in [-0.3, -0.25) is 4.79 Å². The first kappa shape index (κ1) is 36.1. The molecular weight excluding hydrogens is 632 g/mol. The molecule has 0 atom stereocenters. The van der Waals surface area contributed by atoms with Crippen molar-refractivity contribution in [3.05, 3.63) is 69.8 Å². The van der Waals surface area contributed by atoms with Crippen molar-refractivity contribution in [3.63, 3.8) is 0 Å². The minimum Gasteiger partial charge on any atom is -0.496 e. The van der Waals surface area contributed by atoms with E-state index in [4.69, 9.17) is 37.9 Å². The Hall–Kier alpha value is -5.71. The highest BCUT2D eigenvalue weighted by Crippen LogP contribution is 2.51. The van der Waals surface area contributed by atoms with Crippen LogP contribution in [0, 0.1) is 20.8 Å². The number of methoxy groups -OCH3 is 8. The molecule has 4 rings (SSSR count). The fourth-order valence-electron chi connectivity index (χ4n) is 6.37. The lowest BCUT2D eigenvalue weighted by Crippen LogP contribution is -2.08. The van der Waals surface area contributed by atoms with E-state index in [0.717, 1.165) is 16.7 Å². The molecule has 4 aromatic rings. The summed E-state index contributed by atoms with van der Waals surface area (Å²) in [5, 5.41) is 0. The number of benzene rings is 4. The molecule has 0 saturated heterocycles. The van der Waals surface area contributed by atoms with Gasteiger partial charge in [0.15, 0.2) is 6.29 Å². The van der Waals surface area contributed by atoms with Crippen LogP contribution in [0.1, 0.15) is 47.8 Å². The van der Waals surface area contributed by atoms with Gasteiger partial charge in [0.2, 0.25) is 0 Å². The molecule has 0 unspecified atom stereocenters. The van der Waals surface area contributed by atoms with Crippen LogP contribution in [0.4, 0.5) is 0 Å². The molecule has 0 aliphatic heterocycles. The highest BCUT2D eigenvalue weighted by molar-refractivity contribution is 6.01. The summed E-state index contributed by atoms with van der Waals surface area (Å²) in [4.78, 5) is 38.2. The monoisotopic (exact) mass is 672 g/mol. The predicted octanol–water partition coefficient (Wildman–Crippen LogP) is 7.05. The molecule has 11 heteroatoms. The summed E-state index contributed by atoms with van der Waals surface area (Å²) in [5.41, 5.74) is 6.83. The number of ether oxygens (including phenoxy) is 8. The van der Waals surface area contributed by atoms with Crippen LogP contribution in [-0.2, 0) is 9.47 Å². The molecule has 0 heterocycles. The quantitative estimate of drug-likeness (QED) is 0.114. The second-order valence-corrected chi connectivity index (χ2v) is 10.9. The third-order valence-corrected chi connectivity index (χ3v) is 8.59. The summed E-state index contributed by atoms with van der Waals surface area (Å²) in [6.07, 6.45) is 0.715. The van der Waals surface area contributed by atoms with Crippen LogP contribution in [0.25, 0.3) is 33.4 Å². The van der Waals surface area contributed by atoms with E-state index in [1.165, 1.54) is 56.9 Å². The number of carbonyl (C=O) groups excluding carboxylic acids is 3. The van der Waals surface area contributed by atoms with Gasteiger partial charge >= 0.3 is 11.9 Å². The van der Waals surface area contributed by atoms with E-state index in [1.807, 2.05) is 20.8 Å². The van der Waals surface area contributed by atoms with Gasteiger partial charge in [-0.1, -0.05) is 0 Å². The van der Waals surface area contributed by atoms with Crippen LogP contribution in [0.2, 0.25) is 0 Å². The number of esters is 2. The van der Waals surface area contributed by atoms with Gasteiger partial charge in [-0.05, 0) is 72.4 Å². The van der Waals surface area contributed by atoms with Gasteiger partial charge in [0.05, 0.1) is 62.4 Å². The van der Waals surface area contributed by atoms with E-state index in [2.05, 4.69) is 0 Å². The van der Waals surface area contributed by atoms with Gasteiger partial charge in [-0.25, -0.2) is 9.59 Å². The standard InChI is InChI=1S/C38H40O11/c1-19-34(23-12-22(18-39)28(42-4)15-29(23)43-5)20(2)36(25-14-27(38(41)49-11)33(47-9)17-31(25)45-7)21(3)35(19)24-13-26(37(40)48-10)32(46-8)16-30(24)44-6/h12-18H,1-11H3. The molecule has 0 spiro atoms. The Kier molecular flexibility index (Phi) is 11.1. The fourth-order valence-corrected chi connectivity index (χ4v) is 6.37. The minimum atomic E-state index is -0.601. The summed E-state index contributed by atoms with van der Waals surface area (Å²) in [5.74, 6) is 0.962. The van der Waals surface area contributed by atoms with Gasteiger partial charge in [-0.15, -0.1) is 0 Å². The average Bonchev–Trinajstić information content (AvgIpc) is 3.13. The van der Waals surface area contributed by atoms with Crippen molar-refractivity contribution in [2.24, 2.45) is 0 Å². The maximum Gasteiger partial charge on any atom is 0.341 e. The zero-order chi connectivity index (χ0) is 36.2. The van der Waals surface area contributed by atoms with Crippen LogP contribution >= 0.6 is 0 Å². The first-order valence-electron chi connectivity index (χ1n) is 15.0. The molecule has 0 amide bonds. The highest BCUT2D eigenvalue weighted by Gasteiger charge is 2.29. The van der Waals surface area contributed by atoms with Crippen molar-refractivity contribution in [1.29, 1.82) is 0 Å². The molecule has 258 valence electrons. The fraction of sp³-hybridized carbons (Fsp3) is 0.289. The van der Waals surface area contributed by atoms with Crippen LogP contribution in [0.3, 0.4) is 0 Å². The number of aldehydes is 1. The van der Waals surface area contributed by atoms with E-state index in [-0.39, 0.29) is 22.6 Å². The highest BCUT2D eigenvalue weighted by atomic mass is 16.5. The van der Waals surface area contributed by atoms with Crippen molar-refractivity contribution in [3.8, 4) is 67.9 Å². The molecule has 0 saturated carbocycles. The van der Waals surface area contributed by atoms with Crippen molar-refractivity contribution in [2.45, 2.75) is 20.8 Å². The topological polar surface area (TPSA) is 125 Å². The van der Waals surface area contributed by atoms with E-state index >= 15 is 0 Å². The third-order valence-electron chi connectivity index (χ3n) is 8.59. The summed E-state index contributed by atoms with van der Waals surface area (Å²) in [6, 6.07) is 9.94. The Bertz CT molecular complexity index is 1840. The van der Waals surface area contributed by atoms with Gasteiger partial charge < -0.3 is 37.9 Å². The van der Waals surface area contributed by atoms with Crippen molar-refractivity contribution < 1.29 is 52.3 Å². The smallest absolute Gasteiger partial charge is 0.341 e. The molecule has 0 aliphatic rings. The molecule has 0 aromatic heterocycles. The maximum atomic E-state index is 13.0. The summed E-state index contributed by atoms with van der Waals surface area (Å²) >= 11 is 0. The van der Waals surface area contributed by atoms with E-state index in [1.54, 1.807) is 36.4 Å². The number of carbonyl (C=O) groups is 3. The molecule has 0 bridgehead atoms. The van der Waals surface area contributed by atoms with Crippen LogP contribution in [0.15, 0.2) is 36.4 Å². The Balaban J connectivity index is 2.33. The zero-order valence-electron chi connectivity index (χ0n) is 29.5. The lowest BCUT2D eigenvalue weighted by molar-refractivity contribution is 0.0588. The first-order chi connectivity index (χ1) is 23.5.